The molecular formula is C9H12N2O2S2. The van der Waals surface area contributed by atoms with Crippen LogP contribution in [0.1, 0.15) is 13.8 Å². The molecule has 0 N–H and O–H groups in total. The predicted octanol–water partition coefficient (Wildman–Crippen LogP) is 1.70. The first-order chi connectivity index (χ1) is 6.97. The van der Waals surface area contributed by atoms with E-state index in [1.165, 1.54) is 18.9 Å². The molecule has 0 amide bonds. The van der Waals surface area contributed by atoms with E-state index in [1.54, 1.807) is 37.0 Å². The zero-order chi connectivity index (χ0) is 11.5. The average molecular weight is 244 g/mol. The van der Waals surface area contributed by atoms with Crippen LogP contribution in [0.15, 0.2) is 18.5 Å². The summed E-state index contributed by atoms with van der Waals surface area (Å²) in [6, 6.07) is 1.78. The zero-order valence-corrected chi connectivity index (χ0v) is 10.4. The number of thiocarbonyl (C=S) groups is 1. The lowest BCUT2D eigenvalue weighted by Crippen LogP contribution is -2.31. The number of hydrogen-bond donors (Lipinski definition) is 0. The van der Waals surface area contributed by atoms with Gasteiger partial charge in [-0.05, 0) is 19.9 Å². The van der Waals surface area contributed by atoms with Crippen LogP contribution in [0.5, 0.6) is 0 Å². The number of hydrogen-bond acceptors (Lipinski definition) is 5. The summed E-state index contributed by atoms with van der Waals surface area (Å²) < 4.78 is 6.06. The summed E-state index contributed by atoms with van der Waals surface area (Å²) in [6.07, 6.45) is 3.38. The van der Waals surface area contributed by atoms with Gasteiger partial charge in [0.25, 0.3) is 0 Å². The van der Waals surface area contributed by atoms with Crippen LogP contribution in [0.3, 0.4) is 0 Å². The minimum Gasteiger partial charge on any atom is -0.468 e. The lowest BCUT2D eigenvalue weighted by molar-refractivity contribution is -0.142. The van der Waals surface area contributed by atoms with Gasteiger partial charge in [0.2, 0.25) is 0 Å². The summed E-state index contributed by atoms with van der Waals surface area (Å²) in [5.74, 6) is -0.304. The molecule has 0 spiro atoms. The van der Waals surface area contributed by atoms with Crippen LogP contribution in [-0.2, 0) is 9.53 Å². The average Bonchev–Trinajstić information content (AvgIpc) is 2.68. The van der Waals surface area contributed by atoms with Gasteiger partial charge in [-0.1, -0.05) is 24.0 Å². The first kappa shape index (κ1) is 12.2. The number of thioether (sulfide) groups is 1. The molecule has 6 heteroatoms. The maximum Gasteiger partial charge on any atom is 0.321 e. The van der Waals surface area contributed by atoms with Gasteiger partial charge in [0, 0.05) is 12.4 Å². The summed E-state index contributed by atoms with van der Waals surface area (Å²) in [6.45, 7) is 3.53. The molecule has 1 aromatic rings. The van der Waals surface area contributed by atoms with Gasteiger partial charge in [0.1, 0.15) is 4.75 Å². The first-order valence-electron chi connectivity index (χ1n) is 4.29. The fourth-order valence-corrected chi connectivity index (χ4v) is 2.47. The highest BCUT2D eigenvalue weighted by Crippen LogP contribution is 2.27. The van der Waals surface area contributed by atoms with Crippen LogP contribution < -0.4 is 0 Å². The van der Waals surface area contributed by atoms with Crippen molar-refractivity contribution in [3.05, 3.63) is 18.5 Å². The highest BCUT2D eigenvalue weighted by Gasteiger charge is 2.31. The van der Waals surface area contributed by atoms with Gasteiger partial charge in [-0.15, -0.1) is 0 Å². The fourth-order valence-electron chi connectivity index (χ4n) is 0.929. The van der Waals surface area contributed by atoms with E-state index in [9.17, 15) is 4.79 Å². The van der Waals surface area contributed by atoms with Gasteiger partial charge < -0.3 is 4.74 Å². The van der Waals surface area contributed by atoms with Crippen LogP contribution in [-0.4, -0.2) is 31.9 Å². The van der Waals surface area contributed by atoms with Crippen molar-refractivity contribution in [2.24, 2.45) is 0 Å². The molecule has 0 saturated carbocycles. The molecule has 0 radical (unpaired) electrons. The predicted molar refractivity (Wildman–Crippen MR) is 63.9 cm³/mol. The van der Waals surface area contributed by atoms with Crippen LogP contribution in [0.4, 0.5) is 0 Å². The molecule has 0 saturated heterocycles. The number of rotatable bonds is 2. The van der Waals surface area contributed by atoms with Gasteiger partial charge in [-0.25, -0.2) is 4.68 Å². The standard InChI is InChI=1S/C9H12N2O2S2/c1-9(2,7(12)13-3)15-8(14)11-6-4-5-10-11/h4-6H,1-3H3. The lowest BCUT2D eigenvalue weighted by Gasteiger charge is -2.20. The van der Waals surface area contributed by atoms with Crippen LogP contribution in [0.25, 0.3) is 0 Å². The minimum atomic E-state index is -0.697. The number of ether oxygens (including phenoxy) is 1. The molecule has 0 bridgehead atoms. The van der Waals surface area contributed by atoms with E-state index in [2.05, 4.69) is 9.84 Å². The maximum atomic E-state index is 11.4. The van der Waals surface area contributed by atoms with Gasteiger partial charge in [-0.2, -0.15) is 5.10 Å². The van der Waals surface area contributed by atoms with E-state index in [-0.39, 0.29) is 5.97 Å². The van der Waals surface area contributed by atoms with Crippen LogP contribution in [0.2, 0.25) is 0 Å². The summed E-state index contributed by atoms with van der Waals surface area (Å²) >= 11 is 6.39. The van der Waals surface area contributed by atoms with Crippen LogP contribution >= 0.6 is 24.0 Å². The number of esters is 1. The molecular weight excluding hydrogens is 232 g/mol. The number of carbonyl (C=O) groups is 1. The number of carbonyl (C=O) groups excluding carboxylic acids is 1. The van der Waals surface area contributed by atoms with Gasteiger partial charge in [0.05, 0.1) is 7.11 Å². The van der Waals surface area contributed by atoms with Crippen molar-refractivity contribution in [3.8, 4) is 0 Å². The van der Waals surface area contributed by atoms with E-state index in [1.807, 2.05) is 0 Å². The van der Waals surface area contributed by atoms with Crippen molar-refractivity contribution in [1.82, 2.24) is 9.78 Å². The van der Waals surface area contributed by atoms with Crippen LogP contribution in [0, 0.1) is 0 Å². The highest BCUT2D eigenvalue weighted by atomic mass is 32.2. The summed E-state index contributed by atoms with van der Waals surface area (Å²) in [5.41, 5.74) is 0. The molecule has 0 fully saturated rings. The Hall–Kier alpha value is -0.880. The van der Waals surface area contributed by atoms with Gasteiger partial charge in [-0.3, -0.25) is 4.79 Å². The van der Waals surface area contributed by atoms with E-state index in [0.29, 0.717) is 4.32 Å². The molecule has 1 heterocycles. The Labute approximate surface area is 98.0 Å². The Kier molecular flexibility index (Phi) is 3.87. The van der Waals surface area contributed by atoms with E-state index in [4.69, 9.17) is 12.2 Å². The number of methoxy groups -OCH3 is 1. The van der Waals surface area contributed by atoms with Crippen molar-refractivity contribution in [2.75, 3.05) is 7.11 Å². The summed E-state index contributed by atoms with van der Waals surface area (Å²) in [4.78, 5) is 11.4. The third-order valence-corrected chi connectivity index (χ3v) is 3.19. The second-order valence-corrected chi connectivity index (χ2v) is 5.58. The Morgan fingerprint density at radius 2 is 2.27 bits per heavy atom. The number of aromatic nitrogens is 2. The van der Waals surface area contributed by atoms with E-state index >= 15 is 0 Å². The van der Waals surface area contributed by atoms with Crippen molar-refractivity contribution < 1.29 is 9.53 Å². The first-order valence-corrected chi connectivity index (χ1v) is 5.51. The molecule has 0 aliphatic carbocycles. The third kappa shape index (κ3) is 3.04. The second-order valence-electron chi connectivity index (χ2n) is 3.32. The summed E-state index contributed by atoms with van der Waals surface area (Å²) in [5, 5.41) is 3.99. The van der Waals surface area contributed by atoms with E-state index < -0.39 is 4.75 Å². The monoisotopic (exact) mass is 244 g/mol. The Morgan fingerprint density at radius 3 is 2.73 bits per heavy atom. The molecule has 15 heavy (non-hydrogen) atoms. The largest absolute Gasteiger partial charge is 0.468 e. The molecule has 0 aliphatic rings. The lowest BCUT2D eigenvalue weighted by atomic mass is 10.2. The summed E-state index contributed by atoms with van der Waals surface area (Å²) in [7, 11) is 1.36. The molecule has 82 valence electrons. The smallest absolute Gasteiger partial charge is 0.321 e. The molecule has 0 aliphatic heterocycles. The molecule has 4 nitrogen and oxygen atoms in total. The highest BCUT2D eigenvalue weighted by molar-refractivity contribution is 8.24. The normalized spacial score (nSPS) is 11.1. The molecule has 1 aromatic heterocycles. The molecule has 0 aromatic carbocycles. The second kappa shape index (κ2) is 4.76. The topological polar surface area (TPSA) is 44.1 Å². The van der Waals surface area contributed by atoms with Crippen molar-refractivity contribution in [1.29, 1.82) is 0 Å². The SMILES string of the molecule is COC(=O)C(C)(C)SC(=S)n1cccn1. The fraction of sp³-hybridized carbons (Fsp3) is 0.444. The Bertz CT molecular complexity index is 360. The minimum absolute atomic E-state index is 0.304. The maximum absolute atomic E-state index is 11.4. The van der Waals surface area contributed by atoms with E-state index in [0.717, 1.165) is 0 Å². The molecule has 0 atom stereocenters. The molecule has 0 unspecified atom stereocenters. The van der Waals surface area contributed by atoms with Crippen molar-refractivity contribution in [3.63, 3.8) is 0 Å². The van der Waals surface area contributed by atoms with Crippen molar-refractivity contribution >= 4 is 34.3 Å². The van der Waals surface area contributed by atoms with Gasteiger partial charge in [0.15, 0.2) is 4.32 Å². The van der Waals surface area contributed by atoms with Gasteiger partial charge >= 0.3 is 5.97 Å². The Balaban J connectivity index is 2.70. The van der Waals surface area contributed by atoms with Crippen molar-refractivity contribution in [2.45, 2.75) is 18.6 Å². The number of nitrogens with zero attached hydrogens (tertiary/aromatic N) is 2. The molecule has 1 rings (SSSR count). The zero-order valence-electron chi connectivity index (χ0n) is 8.76. The third-order valence-electron chi connectivity index (χ3n) is 1.71. The quantitative estimate of drug-likeness (QED) is 0.585. The Morgan fingerprint density at radius 1 is 1.60 bits per heavy atom.